The van der Waals surface area contributed by atoms with Gasteiger partial charge in [0.2, 0.25) is 0 Å². The Balaban J connectivity index is 1.94. The molecule has 74 valence electrons. The minimum atomic E-state index is -0.0946. The fraction of sp³-hybridized carbons (Fsp3) is 0.833. The summed E-state index contributed by atoms with van der Waals surface area (Å²) in [5.74, 6) is 0.587. The van der Waals surface area contributed by atoms with Crippen molar-refractivity contribution in [3.63, 3.8) is 0 Å². The van der Waals surface area contributed by atoms with Crippen molar-refractivity contribution >= 4 is 0 Å². The lowest BCUT2D eigenvalue weighted by Gasteiger charge is -2.23. The van der Waals surface area contributed by atoms with E-state index in [1.807, 2.05) is 0 Å². The average molecular weight is 180 g/mol. The lowest BCUT2D eigenvalue weighted by atomic mass is 9.88. The number of hydrogen-bond donors (Lipinski definition) is 1. The van der Waals surface area contributed by atoms with Gasteiger partial charge in [-0.1, -0.05) is 18.9 Å². The molecule has 0 saturated heterocycles. The standard InChI is InChI=1S/C12H20O/c13-12(11-8-4-5-9-11)10-6-2-1-3-7-10/h6,11-13H,1-5,7-9H2. The summed E-state index contributed by atoms with van der Waals surface area (Å²) in [5, 5.41) is 10.1. The maximum absolute atomic E-state index is 10.1. The predicted octanol–water partition coefficient (Wildman–Crippen LogP) is 3.04. The maximum atomic E-state index is 10.1. The summed E-state index contributed by atoms with van der Waals surface area (Å²) < 4.78 is 0. The normalized spacial score (nSPS) is 27.3. The van der Waals surface area contributed by atoms with Gasteiger partial charge < -0.3 is 5.11 Å². The van der Waals surface area contributed by atoms with E-state index in [2.05, 4.69) is 6.08 Å². The predicted molar refractivity (Wildman–Crippen MR) is 54.5 cm³/mol. The van der Waals surface area contributed by atoms with Gasteiger partial charge in [0.05, 0.1) is 6.10 Å². The molecular weight excluding hydrogens is 160 g/mol. The molecule has 2 rings (SSSR count). The maximum Gasteiger partial charge on any atom is 0.0778 e. The Morgan fingerprint density at radius 2 is 1.92 bits per heavy atom. The van der Waals surface area contributed by atoms with Gasteiger partial charge in [-0.3, -0.25) is 0 Å². The van der Waals surface area contributed by atoms with Crippen LogP contribution in [-0.2, 0) is 0 Å². The van der Waals surface area contributed by atoms with Crippen molar-refractivity contribution < 1.29 is 5.11 Å². The third-order valence-electron chi connectivity index (χ3n) is 3.55. The Morgan fingerprint density at radius 1 is 1.15 bits per heavy atom. The molecule has 0 aliphatic heterocycles. The van der Waals surface area contributed by atoms with Crippen molar-refractivity contribution in [1.82, 2.24) is 0 Å². The summed E-state index contributed by atoms with van der Waals surface area (Å²) >= 11 is 0. The molecule has 2 aliphatic rings. The first kappa shape index (κ1) is 9.26. The molecule has 1 unspecified atom stereocenters. The Labute approximate surface area is 80.8 Å². The molecule has 1 nitrogen and oxygen atoms in total. The zero-order chi connectivity index (χ0) is 9.10. The van der Waals surface area contributed by atoms with Crippen LogP contribution in [0.4, 0.5) is 0 Å². The van der Waals surface area contributed by atoms with E-state index >= 15 is 0 Å². The van der Waals surface area contributed by atoms with Crippen LogP contribution in [0.3, 0.4) is 0 Å². The zero-order valence-corrected chi connectivity index (χ0v) is 8.34. The van der Waals surface area contributed by atoms with Crippen molar-refractivity contribution in [1.29, 1.82) is 0 Å². The van der Waals surface area contributed by atoms with E-state index in [4.69, 9.17) is 0 Å². The highest BCUT2D eigenvalue weighted by atomic mass is 16.3. The highest BCUT2D eigenvalue weighted by Crippen LogP contribution is 2.33. The summed E-state index contributed by atoms with van der Waals surface area (Å²) in [5.41, 5.74) is 1.35. The Kier molecular flexibility index (Phi) is 3.05. The molecular formula is C12H20O. The van der Waals surface area contributed by atoms with Crippen LogP contribution < -0.4 is 0 Å². The van der Waals surface area contributed by atoms with E-state index < -0.39 is 0 Å². The van der Waals surface area contributed by atoms with Gasteiger partial charge in [0, 0.05) is 0 Å². The van der Waals surface area contributed by atoms with Gasteiger partial charge in [-0.05, 0) is 50.0 Å². The molecule has 0 bridgehead atoms. The number of aliphatic hydroxyl groups is 1. The second-order valence-electron chi connectivity index (χ2n) is 4.51. The Bertz CT molecular complexity index is 189. The van der Waals surface area contributed by atoms with Crippen LogP contribution in [0.5, 0.6) is 0 Å². The van der Waals surface area contributed by atoms with Crippen molar-refractivity contribution in [2.75, 3.05) is 0 Å². The second-order valence-corrected chi connectivity index (χ2v) is 4.51. The van der Waals surface area contributed by atoms with Crippen molar-refractivity contribution in [3.05, 3.63) is 11.6 Å². The zero-order valence-electron chi connectivity index (χ0n) is 8.34. The average Bonchev–Trinajstić information content (AvgIpc) is 2.71. The second kappa shape index (κ2) is 4.28. The molecule has 13 heavy (non-hydrogen) atoms. The van der Waals surface area contributed by atoms with Crippen LogP contribution in [0, 0.1) is 5.92 Å². The summed E-state index contributed by atoms with van der Waals surface area (Å²) in [6, 6.07) is 0. The third kappa shape index (κ3) is 2.14. The van der Waals surface area contributed by atoms with E-state index in [0.29, 0.717) is 5.92 Å². The molecule has 0 aromatic carbocycles. The van der Waals surface area contributed by atoms with Crippen LogP contribution in [0.25, 0.3) is 0 Å². The van der Waals surface area contributed by atoms with Gasteiger partial charge in [-0.15, -0.1) is 0 Å². The van der Waals surface area contributed by atoms with Crippen molar-refractivity contribution in [2.45, 2.75) is 57.5 Å². The lowest BCUT2D eigenvalue weighted by molar-refractivity contribution is 0.139. The van der Waals surface area contributed by atoms with E-state index in [-0.39, 0.29) is 6.10 Å². The molecule has 1 saturated carbocycles. The fourth-order valence-electron chi connectivity index (χ4n) is 2.71. The quantitative estimate of drug-likeness (QED) is 0.648. The van der Waals surface area contributed by atoms with Crippen molar-refractivity contribution in [3.8, 4) is 0 Å². The Morgan fingerprint density at radius 3 is 2.54 bits per heavy atom. The minimum Gasteiger partial charge on any atom is -0.388 e. The highest BCUT2D eigenvalue weighted by molar-refractivity contribution is 5.12. The molecule has 1 heteroatoms. The summed E-state index contributed by atoms with van der Waals surface area (Å²) in [7, 11) is 0. The lowest BCUT2D eigenvalue weighted by Crippen LogP contribution is -2.21. The van der Waals surface area contributed by atoms with Crippen molar-refractivity contribution in [2.24, 2.45) is 5.92 Å². The van der Waals surface area contributed by atoms with E-state index in [9.17, 15) is 5.11 Å². The number of rotatable bonds is 2. The van der Waals surface area contributed by atoms with Gasteiger partial charge in [-0.25, -0.2) is 0 Å². The number of allylic oxidation sites excluding steroid dienone is 1. The largest absolute Gasteiger partial charge is 0.388 e. The van der Waals surface area contributed by atoms with E-state index in [1.54, 1.807) is 0 Å². The minimum absolute atomic E-state index is 0.0946. The monoisotopic (exact) mass is 180 g/mol. The molecule has 1 fully saturated rings. The first-order valence-electron chi connectivity index (χ1n) is 5.75. The summed E-state index contributed by atoms with van der Waals surface area (Å²) in [6.07, 6.45) is 12.3. The van der Waals surface area contributed by atoms with Crippen LogP contribution in [0.2, 0.25) is 0 Å². The highest BCUT2D eigenvalue weighted by Gasteiger charge is 2.26. The van der Waals surface area contributed by atoms with Crippen LogP contribution >= 0.6 is 0 Å². The number of aliphatic hydroxyl groups excluding tert-OH is 1. The number of hydrogen-bond acceptors (Lipinski definition) is 1. The third-order valence-corrected chi connectivity index (χ3v) is 3.55. The van der Waals surface area contributed by atoms with Gasteiger partial charge in [0.25, 0.3) is 0 Å². The molecule has 2 aliphatic carbocycles. The molecule has 0 spiro atoms. The van der Waals surface area contributed by atoms with Crippen LogP contribution in [0.15, 0.2) is 11.6 Å². The Hall–Kier alpha value is -0.300. The topological polar surface area (TPSA) is 20.2 Å². The molecule has 0 heterocycles. The molecule has 0 radical (unpaired) electrons. The molecule has 0 aromatic rings. The molecule has 1 N–H and O–H groups in total. The van der Waals surface area contributed by atoms with Gasteiger partial charge in [0.15, 0.2) is 0 Å². The smallest absolute Gasteiger partial charge is 0.0778 e. The van der Waals surface area contributed by atoms with Crippen LogP contribution in [-0.4, -0.2) is 11.2 Å². The van der Waals surface area contributed by atoms with Gasteiger partial charge >= 0.3 is 0 Å². The van der Waals surface area contributed by atoms with Gasteiger partial charge in [-0.2, -0.15) is 0 Å². The molecule has 0 aromatic heterocycles. The molecule has 1 atom stereocenters. The fourth-order valence-corrected chi connectivity index (χ4v) is 2.71. The van der Waals surface area contributed by atoms with Crippen LogP contribution in [0.1, 0.15) is 51.4 Å². The van der Waals surface area contributed by atoms with Gasteiger partial charge in [0.1, 0.15) is 0 Å². The first-order valence-corrected chi connectivity index (χ1v) is 5.75. The summed E-state index contributed by atoms with van der Waals surface area (Å²) in [6.45, 7) is 0. The summed E-state index contributed by atoms with van der Waals surface area (Å²) in [4.78, 5) is 0. The van der Waals surface area contributed by atoms with E-state index in [1.165, 1.54) is 50.5 Å². The SMILES string of the molecule is OC(C1=CCCCC1)C1CCCC1. The molecule has 0 amide bonds. The van der Waals surface area contributed by atoms with E-state index in [0.717, 1.165) is 6.42 Å². The first-order chi connectivity index (χ1) is 6.38.